The van der Waals surface area contributed by atoms with Crippen molar-refractivity contribution < 1.29 is 8.42 Å². The number of fused-ring (bicyclic) bond motifs is 1. The lowest BCUT2D eigenvalue weighted by Gasteiger charge is -2.16. The Morgan fingerprint density at radius 3 is 2.75 bits per heavy atom. The smallest absolute Gasteiger partial charge is 0.261 e. The number of benzene rings is 1. The molecule has 1 aromatic heterocycles. The summed E-state index contributed by atoms with van der Waals surface area (Å²) < 4.78 is 24.7. The van der Waals surface area contributed by atoms with Gasteiger partial charge in [0.2, 0.25) is 0 Å². The van der Waals surface area contributed by atoms with Crippen molar-refractivity contribution in [2.24, 2.45) is 0 Å². The van der Waals surface area contributed by atoms with Crippen LogP contribution in [0.2, 0.25) is 0 Å². The van der Waals surface area contributed by atoms with Gasteiger partial charge in [0.25, 0.3) is 5.56 Å². The van der Waals surface area contributed by atoms with Crippen molar-refractivity contribution in [2.45, 2.75) is 18.3 Å². The molecule has 5 nitrogen and oxygen atoms in total. The molecule has 1 saturated heterocycles. The van der Waals surface area contributed by atoms with E-state index in [0.29, 0.717) is 23.1 Å². The molecule has 3 rings (SSSR count). The summed E-state index contributed by atoms with van der Waals surface area (Å²) in [5.41, 5.74) is 0.374. The second kappa shape index (κ2) is 4.86. The Balaban J connectivity index is 2.24. The van der Waals surface area contributed by atoms with Gasteiger partial charge in [0.05, 0.1) is 34.3 Å². The van der Waals surface area contributed by atoms with Crippen LogP contribution in [0.1, 0.15) is 18.3 Å². The maximum atomic E-state index is 12.6. The Bertz CT molecular complexity index is 829. The molecule has 1 aliphatic heterocycles. The molecule has 7 heteroatoms. The van der Waals surface area contributed by atoms with Crippen molar-refractivity contribution in [3.05, 3.63) is 40.4 Å². The molecular formula is C13H13ClN2O3S. The van der Waals surface area contributed by atoms with E-state index < -0.39 is 9.84 Å². The van der Waals surface area contributed by atoms with E-state index in [-0.39, 0.29) is 29.0 Å². The zero-order valence-corrected chi connectivity index (χ0v) is 12.2. The van der Waals surface area contributed by atoms with Gasteiger partial charge in [-0.15, -0.1) is 11.6 Å². The summed E-state index contributed by atoms with van der Waals surface area (Å²) in [5, 5.41) is 0.491. The molecule has 106 valence electrons. The number of nitrogens with zero attached hydrogens (tertiary/aromatic N) is 2. The van der Waals surface area contributed by atoms with Crippen molar-refractivity contribution in [3.8, 4) is 0 Å². The van der Waals surface area contributed by atoms with Crippen LogP contribution in [0.4, 0.5) is 0 Å². The Morgan fingerprint density at radius 1 is 1.35 bits per heavy atom. The van der Waals surface area contributed by atoms with Crippen LogP contribution < -0.4 is 5.56 Å². The van der Waals surface area contributed by atoms with Crippen LogP contribution in [0, 0.1) is 0 Å². The molecule has 0 bridgehead atoms. The molecule has 2 aromatic rings. The van der Waals surface area contributed by atoms with Gasteiger partial charge >= 0.3 is 0 Å². The van der Waals surface area contributed by atoms with Crippen LogP contribution in [-0.4, -0.2) is 29.5 Å². The van der Waals surface area contributed by atoms with Crippen LogP contribution >= 0.6 is 11.6 Å². The highest BCUT2D eigenvalue weighted by Crippen LogP contribution is 2.24. The van der Waals surface area contributed by atoms with Crippen LogP contribution in [0.25, 0.3) is 10.9 Å². The molecule has 0 radical (unpaired) electrons. The lowest BCUT2D eigenvalue weighted by molar-refractivity contribution is 0.517. The monoisotopic (exact) mass is 312 g/mol. The fourth-order valence-corrected chi connectivity index (χ4v) is 4.53. The molecule has 2 heterocycles. The molecule has 1 unspecified atom stereocenters. The van der Waals surface area contributed by atoms with Gasteiger partial charge in [-0.05, 0) is 18.6 Å². The van der Waals surface area contributed by atoms with E-state index in [1.54, 1.807) is 24.3 Å². The predicted octanol–water partition coefficient (Wildman–Crippen LogP) is 1.49. The van der Waals surface area contributed by atoms with E-state index in [1.165, 1.54) is 4.57 Å². The maximum absolute atomic E-state index is 12.6. The van der Waals surface area contributed by atoms with Crippen LogP contribution in [-0.2, 0) is 15.7 Å². The van der Waals surface area contributed by atoms with Gasteiger partial charge in [-0.3, -0.25) is 9.36 Å². The lowest BCUT2D eigenvalue weighted by Crippen LogP contribution is -2.29. The number of hydrogen-bond acceptors (Lipinski definition) is 4. The van der Waals surface area contributed by atoms with E-state index in [9.17, 15) is 13.2 Å². The SMILES string of the molecule is O=c1c2ccccc2nc(CCl)n1C1CCS(=O)(=O)C1. The Morgan fingerprint density at radius 2 is 2.10 bits per heavy atom. The lowest BCUT2D eigenvalue weighted by atomic mass is 10.2. The molecule has 1 aromatic carbocycles. The normalized spacial score (nSPS) is 21.4. The van der Waals surface area contributed by atoms with Gasteiger partial charge in [-0.25, -0.2) is 13.4 Å². The summed E-state index contributed by atoms with van der Waals surface area (Å²) in [6.45, 7) is 0. The van der Waals surface area contributed by atoms with Crippen molar-refractivity contribution in [2.75, 3.05) is 11.5 Å². The molecule has 0 spiro atoms. The molecule has 0 amide bonds. The van der Waals surface area contributed by atoms with Gasteiger partial charge in [0, 0.05) is 0 Å². The molecule has 0 N–H and O–H groups in total. The van der Waals surface area contributed by atoms with E-state index in [1.807, 2.05) is 0 Å². The number of sulfone groups is 1. The highest BCUT2D eigenvalue weighted by Gasteiger charge is 2.31. The first-order chi connectivity index (χ1) is 9.52. The average Bonchev–Trinajstić information content (AvgIpc) is 2.78. The fourth-order valence-electron chi connectivity index (χ4n) is 2.64. The average molecular weight is 313 g/mol. The van der Waals surface area contributed by atoms with Gasteiger partial charge in [0.1, 0.15) is 5.82 Å². The summed E-state index contributed by atoms with van der Waals surface area (Å²) in [4.78, 5) is 17.0. The molecule has 20 heavy (non-hydrogen) atoms. The summed E-state index contributed by atoms with van der Waals surface area (Å²) in [7, 11) is -3.07. The summed E-state index contributed by atoms with van der Waals surface area (Å²) in [6.07, 6.45) is 0.437. The quantitative estimate of drug-likeness (QED) is 0.788. The van der Waals surface area contributed by atoms with Crippen LogP contribution in [0.15, 0.2) is 29.1 Å². The minimum Gasteiger partial charge on any atom is -0.291 e. The fraction of sp³-hybridized carbons (Fsp3) is 0.385. The highest BCUT2D eigenvalue weighted by atomic mass is 35.5. The molecule has 1 aliphatic rings. The van der Waals surface area contributed by atoms with Crippen molar-refractivity contribution in [1.82, 2.24) is 9.55 Å². The van der Waals surface area contributed by atoms with Crippen LogP contribution in [0.5, 0.6) is 0 Å². The van der Waals surface area contributed by atoms with Gasteiger partial charge < -0.3 is 0 Å². The zero-order valence-electron chi connectivity index (χ0n) is 10.6. The first kappa shape index (κ1) is 13.6. The van der Waals surface area contributed by atoms with Gasteiger partial charge in [-0.1, -0.05) is 12.1 Å². The van der Waals surface area contributed by atoms with Crippen molar-refractivity contribution in [1.29, 1.82) is 0 Å². The number of aromatic nitrogens is 2. The Kier molecular flexibility index (Phi) is 3.30. The number of halogens is 1. The third-order valence-electron chi connectivity index (χ3n) is 3.57. The van der Waals surface area contributed by atoms with Gasteiger partial charge in [0.15, 0.2) is 9.84 Å². The standard InChI is InChI=1S/C13H13ClN2O3S/c14-7-12-15-11-4-2-1-3-10(11)13(17)16(12)9-5-6-20(18,19)8-9/h1-4,9H,5-8H2. The third-order valence-corrected chi connectivity index (χ3v) is 5.56. The number of hydrogen-bond donors (Lipinski definition) is 0. The molecular weight excluding hydrogens is 300 g/mol. The second-order valence-electron chi connectivity index (χ2n) is 4.91. The number of alkyl halides is 1. The summed E-state index contributed by atoms with van der Waals surface area (Å²) in [5.74, 6) is 0.601. The summed E-state index contributed by atoms with van der Waals surface area (Å²) >= 11 is 5.88. The Hall–Kier alpha value is -1.40. The number of rotatable bonds is 2. The zero-order chi connectivity index (χ0) is 14.3. The third kappa shape index (κ3) is 2.23. The summed E-state index contributed by atoms with van der Waals surface area (Å²) in [6, 6.07) is 6.66. The van der Waals surface area contributed by atoms with E-state index in [2.05, 4.69) is 4.98 Å². The first-order valence-electron chi connectivity index (χ1n) is 6.28. The molecule has 1 atom stereocenters. The van der Waals surface area contributed by atoms with E-state index in [0.717, 1.165) is 0 Å². The van der Waals surface area contributed by atoms with Crippen molar-refractivity contribution in [3.63, 3.8) is 0 Å². The minimum absolute atomic E-state index is 0.0170. The molecule has 0 saturated carbocycles. The van der Waals surface area contributed by atoms with Crippen molar-refractivity contribution >= 4 is 32.3 Å². The van der Waals surface area contributed by atoms with E-state index in [4.69, 9.17) is 11.6 Å². The largest absolute Gasteiger partial charge is 0.291 e. The topological polar surface area (TPSA) is 69.0 Å². The first-order valence-corrected chi connectivity index (χ1v) is 8.64. The number of para-hydroxylation sites is 1. The van der Waals surface area contributed by atoms with E-state index >= 15 is 0 Å². The second-order valence-corrected chi connectivity index (χ2v) is 7.41. The maximum Gasteiger partial charge on any atom is 0.261 e. The Labute approximate surface area is 121 Å². The van der Waals surface area contributed by atoms with Crippen LogP contribution in [0.3, 0.4) is 0 Å². The highest BCUT2D eigenvalue weighted by molar-refractivity contribution is 7.91. The minimum atomic E-state index is -3.07. The van der Waals surface area contributed by atoms with Gasteiger partial charge in [-0.2, -0.15) is 0 Å². The molecule has 1 fully saturated rings. The molecule has 0 aliphatic carbocycles. The predicted molar refractivity (Wildman–Crippen MR) is 77.9 cm³/mol.